The average Bonchev–Trinajstić information content (AvgIpc) is 3.12. The second-order valence-electron chi connectivity index (χ2n) is 5.75. The van der Waals surface area contributed by atoms with Crippen molar-refractivity contribution in [3.8, 4) is 0 Å². The molecule has 0 aromatic rings. The minimum absolute atomic E-state index is 0.424. The van der Waals surface area contributed by atoms with Crippen LogP contribution in [0.2, 0.25) is 0 Å². The lowest BCUT2D eigenvalue weighted by molar-refractivity contribution is -0.292. The lowest BCUT2D eigenvalue weighted by atomic mass is 9.90. The van der Waals surface area contributed by atoms with Crippen LogP contribution in [0.25, 0.3) is 0 Å². The highest BCUT2D eigenvalue weighted by Gasteiger charge is 2.58. The van der Waals surface area contributed by atoms with Gasteiger partial charge in [-0.1, -0.05) is 0 Å². The fourth-order valence-electron chi connectivity index (χ4n) is 2.98. The molecule has 24 heavy (non-hydrogen) atoms. The van der Waals surface area contributed by atoms with E-state index in [1.165, 1.54) is 28.4 Å². The van der Waals surface area contributed by atoms with Crippen LogP contribution in [-0.4, -0.2) is 77.9 Å². The molecule has 0 unspecified atom stereocenters. The first-order valence-electron chi connectivity index (χ1n) is 7.52. The normalized spacial score (nSPS) is 34.4. The molecule has 2 rings (SSSR count). The number of carbonyl (C=O) groups excluding carboxylic acids is 1. The van der Waals surface area contributed by atoms with E-state index in [0.717, 1.165) is 0 Å². The van der Waals surface area contributed by atoms with E-state index < -0.39 is 36.4 Å². The van der Waals surface area contributed by atoms with Gasteiger partial charge in [0, 0.05) is 48.7 Å². The lowest BCUT2D eigenvalue weighted by Crippen LogP contribution is -2.50. The second-order valence-corrected chi connectivity index (χ2v) is 5.75. The SMILES string of the molecule is COC(OC)[C@H]1/C(=C\N(C)C)C(=O)O[C@@H]1[C@]1(OC)C=C[C@H](OC)O1. The van der Waals surface area contributed by atoms with Crippen molar-refractivity contribution >= 4 is 5.97 Å². The number of hydrogen-bond acceptors (Lipinski definition) is 8. The Morgan fingerprint density at radius 1 is 1.25 bits per heavy atom. The zero-order chi connectivity index (χ0) is 17.9. The third kappa shape index (κ3) is 3.33. The van der Waals surface area contributed by atoms with Crippen LogP contribution in [0.3, 0.4) is 0 Å². The van der Waals surface area contributed by atoms with Gasteiger partial charge in [0.2, 0.25) is 5.79 Å². The van der Waals surface area contributed by atoms with Crippen LogP contribution in [0.15, 0.2) is 23.9 Å². The fraction of sp³-hybridized carbons (Fsp3) is 0.688. The number of carbonyl (C=O) groups is 1. The standard InChI is InChI=1S/C16H25NO7/c1-17(2)9-10-12(15(20-4)21-5)13(23-14(10)18)16(22-6)8-7-11(19-3)24-16/h7-9,11-13,15H,1-6H3/b10-9+/t11-,12+,13+,16+/m1/s1. The molecular formula is C16H25NO7. The number of hydrogen-bond donors (Lipinski definition) is 0. The van der Waals surface area contributed by atoms with E-state index in [0.29, 0.717) is 5.57 Å². The van der Waals surface area contributed by atoms with Crippen LogP contribution in [0.4, 0.5) is 0 Å². The molecule has 0 bridgehead atoms. The first kappa shape index (κ1) is 18.9. The predicted octanol–water partition coefficient (Wildman–Crippen LogP) is 0.494. The van der Waals surface area contributed by atoms with Crippen LogP contribution in [0.5, 0.6) is 0 Å². The Hall–Kier alpha value is -1.45. The van der Waals surface area contributed by atoms with Crippen molar-refractivity contribution in [1.82, 2.24) is 4.90 Å². The van der Waals surface area contributed by atoms with Crippen molar-refractivity contribution in [2.75, 3.05) is 42.5 Å². The highest BCUT2D eigenvalue weighted by molar-refractivity contribution is 5.91. The Labute approximate surface area is 141 Å². The molecule has 0 radical (unpaired) electrons. The summed E-state index contributed by atoms with van der Waals surface area (Å²) in [7, 11) is 9.64. The minimum Gasteiger partial charge on any atom is -0.452 e. The van der Waals surface area contributed by atoms with Crippen molar-refractivity contribution in [2.45, 2.75) is 24.5 Å². The van der Waals surface area contributed by atoms with Gasteiger partial charge < -0.3 is 33.3 Å². The van der Waals surface area contributed by atoms with Crippen molar-refractivity contribution in [1.29, 1.82) is 0 Å². The van der Waals surface area contributed by atoms with Crippen molar-refractivity contribution in [3.63, 3.8) is 0 Å². The van der Waals surface area contributed by atoms with E-state index in [1.54, 1.807) is 23.3 Å². The Morgan fingerprint density at radius 3 is 2.38 bits per heavy atom. The maximum Gasteiger partial charge on any atom is 0.336 e. The summed E-state index contributed by atoms with van der Waals surface area (Å²) in [5, 5.41) is 0. The maximum absolute atomic E-state index is 12.4. The summed E-state index contributed by atoms with van der Waals surface area (Å²) in [6, 6.07) is 0. The van der Waals surface area contributed by atoms with Gasteiger partial charge in [-0.2, -0.15) is 0 Å². The lowest BCUT2D eigenvalue weighted by Gasteiger charge is -2.36. The molecule has 0 amide bonds. The Kier molecular flexibility index (Phi) is 6.00. The number of methoxy groups -OCH3 is 4. The quantitative estimate of drug-likeness (QED) is 0.286. The highest BCUT2D eigenvalue weighted by Crippen LogP contribution is 2.43. The molecule has 1 saturated heterocycles. The van der Waals surface area contributed by atoms with Crippen LogP contribution in [0.1, 0.15) is 0 Å². The van der Waals surface area contributed by atoms with Gasteiger partial charge in [-0.25, -0.2) is 4.79 Å². The molecule has 4 atom stereocenters. The molecule has 2 aliphatic heterocycles. The molecular weight excluding hydrogens is 318 g/mol. The zero-order valence-electron chi connectivity index (χ0n) is 14.8. The van der Waals surface area contributed by atoms with E-state index in [9.17, 15) is 4.79 Å². The summed E-state index contributed by atoms with van der Waals surface area (Å²) < 4.78 is 32.9. The molecule has 1 fully saturated rings. The van der Waals surface area contributed by atoms with Crippen LogP contribution >= 0.6 is 0 Å². The van der Waals surface area contributed by atoms with E-state index >= 15 is 0 Å². The topological polar surface area (TPSA) is 75.7 Å². The first-order valence-corrected chi connectivity index (χ1v) is 7.52. The van der Waals surface area contributed by atoms with E-state index in [2.05, 4.69) is 0 Å². The minimum atomic E-state index is -1.28. The summed E-state index contributed by atoms with van der Waals surface area (Å²) in [6.45, 7) is 0. The predicted molar refractivity (Wildman–Crippen MR) is 83.7 cm³/mol. The molecule has 0 saturated carbocycles. The monoisotopic (exact) mass is 343 g/mol. The third-order valence-corrected chi connectivity index (χ3v) is 4.04. The van der Waals surface area contributed by atoms with Gasteiger partial charge in [-0.15, -0.1) is 0 Å². The van der Waals surface area contributed by atoms with Gasteiger partial charge in [0.25, 0.3) is 0 Å². The molecule has 8 nitrogen and oxygen atoms in total. The molecule has 136 valence electrons. The molecule has 0 aromatic heterocycles. The number of cyclic esters (lactones) is 1. The summed E-state index contributed by atoms with van der Waals surface area (Å²) in [5.74, 6) is -2.29. The van der Waals surface area contributed by atoms with Gasteiger partial charge in [-0.3, -0.25) is 0 Å². The van der Waals surface area contributed by atoms with E-state index in [4.69, 9.17) is 28.4 Å². The van der Waals surface area contributed by atoms with Crippen LogP contribution in [-0.2, 0) is 33.2 Å². The fourth-order valence-corrected chi connectivity index (χ4v) is 2.98. The zero-order valence-corrected chi connectivity index (χ0v) is 14.8. The largest absolute Gasteiger partial charge is 0.452 e. The average molecular weight is 343 g/mol. The Balaban J connectivity index is 2.44. The maximum atomic E-state index is 12.4. The van der Waals surface area contributed by atoms with Gasteiger partial charge in [-0.05, 0) is 12.2 Å². The van der Waals surface area contributed by atoms with Crippen LogP contribution < -0.4 is 0 Å². The third-order valence-electron chi connectivity index (χ3n) is 4.04. The Bertz CT molecular complexity index is 515. The molecule has 0 aliphatic carbocycles. The van der Waals surface area contributed by atoms with E-state index in [1.807, 2.05) is 14.1 Å². The van der Waals surface area contributed by atoms with Crippen molar-refractivity contribution in [2.24, 2.45) is 5.92 Å². The first-order chi connectivity index (χ1) is 11.4. The molecule has 0 N–H and O–H groups in total. The summed E-state index contributed by atoms with van der Waals surface area (Å²) >= 11 is 0. The number of rotatable bonds is 7. The molecule has 2 aliphatic rings. The van der Waals surface area contributed by atoms with Gasteiger partial charge in [0.05, 0.1) is 11.5 Å². The van der Waals surface area contributed by atoms with Crippen LogP contribution in [0, 0.1) is 5.92 Å². The Morgan fingerprint density at radius 2 is 1.92 bits per heavy atom. The smallest absolute Gasteiger partial charge is 0.336 e. The van der Waals surface area contributed by atoms with Gasteiger partial charge in [0.1, 0.15) is 0 Å². The summed E-state index contributed by atoms with van der Waals surface area (Å²) in [4.78, 5) is 14.2. The molecule has 0 aromatic carbocycles. The molecule has 0 spiro atoms. The number of nitrogens with zero attached hydrogens (tertiary/aromatic N) is 1. The van der Waals surface area contributed by atoms with Gasteiger partial charge >= 0.3 is 5.97 Å². The van der Waals surface area contributed by atoms with Crippen molar-refractivity contribution < 1.29 is 33.2 Å². The summed E-state index contributed by atoms with van der Waals surface area (Å²) in [6.07, 6.45) is 2.99. The summed E-state index contributed by atoms with van der Waals surface area (Å²) in [5.41, 5.74) is 0.424. The molecule has 8 heteroatoms. The number of esters is 1. The van der Waals surface area contributed by atoms with Crippen molar-refractivity contribution in [3.05, 3.63) is 23.9 Å². The van der Waals surface area contributed by atoms with E-state index in [-0.39, 0.29) is 0 Å². The number of ether oxygens (including phenoxy) is 6. The molecule has 2 heterocycles. The highest BCUT2D eigenvalue weighted by atomic mass is 16.8. The second kappa shape index (κ2) is 7.62. The van der Waals surface area contributed by atoms with Gasteiger partial charge in [0.15, 0.2) is 18.7 Å².